The van der Waals surface area contributed by atoms with Gasteiger partial charge in [-0.25, -0.2) is 0 Å². The van der Waals surface area contributed by atoms with Crippen LogP contribution in [0.15, 0.2) is 11.4 Å². The minimum atomic E-state index is 0.308. The Morgan fingerprint density at radius 3 is 2.88 bits per heavy atom. The van der Waals surface area contributed by atoms with Gasteiger partial charge in [-0.15, -0.1) is 11.3 Å². The zero-order valence-corrected chi connectivity index (χ0v) is 10.6. The Hall–Kier alpha value is -0.420. The van der Waals surface area contributed by atoms with Gasteiger partial charge >= 0.3 is 0 Å². The molecule has 0 bridgehead atoms. The maximum absolute atomic E-state index is 5.68. The predicted octanol–water partition coefficient (Wildman–Crippen LogP) is 2.38. The topological polar surface area (TPSA) is 47.3 Å². The molecular formula is C12H20N2OS. The lowest BCUT2D eigenvalue weighted by molar-refractivity contribution is 0.0606. The fourth-order valence-electron chi connectivity index (χ4n) is 2.31. The second-order valence-corrected chi connectivity index (χ2v) is 5.43. The molecule has 4 heteroatoms. The number of hydrogen-bond acceptors (Lipinski definition) is 4. The monoisotopic (exact) mass is 240 g/mol. The largest absolute Gasteiger partial charge is 0.381 e. The number of hydrogen-bond donors (Lipinski definition) is 2. The van der Waals surface area contributed by atoms with Crippen LogP contribution in [0.5, 0.6) is 0 Å². The van der Waals surface area contributed by atoms with Crippen LogP contribution in [0.2, 0.25) is 0 Å². The van der Waals surface area contributed by atoms with Gasteiger partial charge in [0.2, 0.25) is 0 Å². The van der Waals surface area contributed by atoms with Gasteiger partial charge < -0.3 is 4.74 Å². The molecule has 16 heavy (non-hydrogen) atoms. The molecule has 1 aromatic heterocycles. The van der Waals surface area contributed by atoms with E-state index in [9.17, 15) is 0 Å². The van der Waals surface area contributed by atoms with Gasteiger partial charge in [-0.05, 0) is 49.1 Å². The molecule has 2 heterocycles. The quantitative estimate of drug-likeness (QED) is 0.627. The smallest absolute Gasteiger partial charge is 0.0558 e. The average molecular weight is 240 g/mol. The first-order valence-electron chi connectivity index (χ1n) is 5.89. The molecule has 2 rings (SSSR count). The van der Waals surface area contributed by atoms with Gasteiger partial charge in [0.25, 0.3) is 0 Å². The predicted molar refractivity (Wildman–Crippen MR) is 67.3 cm³/mol. The summed E-state index contributed by atoms with van der Waals surface area (Å²) in [5, 5.41) is 2.14. The first-order valence-corrected chi connectivity index (χ1v) is 6.77. The normalized spacial score (nSPS) is 19.9. The molecule has 0 aromatic carbocycles. The molecule has 0 spiro atoms. The van der Waals surface area contributed by atoms with E-state index in [0.29, 0.717) is 6.04 Å². The fourth-order valence-corrected chi connectivity index (χ4v) is 3.31. The van der Waals surface area contributed by atoms with Crippen molar-refractivity contribution in [2.24, 2.45) is 11.8 Å². The van der Waals surface area contributed by atoms with E-state index in [-0.39, 0.29) is 0 Å². The summed E-state index contributed by atoms with van der Waals surface area (Å²) >= 11 is 1.80. The number of aryl methyl sites for hydroxylation is 1. The van der Waals surface area contributed by atoms with Crippen molar-refractivity contribution in [3.8, 4) is 0 Å². The molecule has 1 aliphatic rings. The molecule has 0 radical (unpaired) electrons. The standard InChI is InChI=1S/C12H20N2OS/c1-9-4-7-16-12(9)11(14-13)8-10-2-5-15-6-3-10/h4,7,10-11,14H,2-3,5-6,8,13H2,1H3. The van der Waals surface area contributed by atoms with Crippen molar-refractivity contribution >= 4 is 11.3 Å². The SMILES string of the molecule is Cc1ccsc1C(CC1CCOCC1)NN. The van der Waals surface area contributed by atoms with Crippen LogP contribution in [0.3, 0.4) is 0 Å². The number of hydrazine groups is 1. The van der Waals surface area contributed by atoms with Gasteiger partial charge in [-0.3, -0.25) is 11.3 Å². The van der Waals surface area contributed by atoms with Crippen molar-refractivity contribution in [2.45, 2.75) is 32.2 Å². The van der Waals surface area contributed by atoms with E-state index in [4.69, 9.17) is 10.6 Å². The zero-order chi connectivity index (χ0) is 11.4. The van der Waals surface area contributed by atoms with Crippen LogP contribution < -0.4 is 11.3 Å². The maximum atomic E-state index is 5.68. The fraction of sp³-hybridized carbons (Fsp3) is 0.667. The van der Waals surface area contributed by atoms with Crippen molar-refractivity contribution in [1.29, 1.82) is 0 Å². The summed E-state index contributed by atoms with van der Waals surface area (Å²) in [6.07, 6.45) is 3.46. The van der Waals surface area contributed by atoms with Crippen molar-refractivity contribution in [3.63, 3.8) is 0 Å². The number of nitrogens with one attached hydrogen (secondary N) is 1. The Bertz CT molecular complexity index is 321. The number of nitrogens with two attached hydrogens (primary N) is 1. The zero-order valence-electron chi connectivity index (χ0n) is 9.74. The molecule has 3 N–H and O–H groups in total. The van der Waals surface area contributed by atoms with Crippen molar-refractivity contribution in [2.75, 3.05) is 13.2 Å². The summed E-state index contributed by atoms with van der Waals surface area (Å²) in [6, 6.07) is 2.47. The van der Waals surface area contributed by atoms with Gasteiger partial charge in [0.05, 0.1) is 6.04 Å². The van der Waals surface area contributed by atoms with Gasteiger partial charge in [0.15, 0.2) is 0 Å². The Morgan fingerprint density at radius 2 is 2.31 bits per heavy atom. The summed E-state index contributed by atoms with van der Waals surface area (Å²) in [4.78, 5) is 1.38. The third kappa shape index (κ3) is 2.83. The Kier molecular flexibility index (Phi) is 4.35. The van der Waals surface area contributed by atoms with Crippen LogP contribution >= 0.6 is 11.3 Å². The molecule has 1 unspecified atom stereocenters. The second kappa shape index (κ2) is 5.77. The van der Waals surface area contributed by atoms with Gasteiger partial charge in [0, 0.05) is 18.1 Å². The Balaban J connectivity index is 1.97. The molecule has 0 aliphatic carbocycles. The van der Waals surface area contributed by atoms with E-state index in [0.717, 1.165) is 25.6 Å². The van der Waals surface area contributed by atoms with Crippen LogP contribution in [0.25, 0.3) is 0 Å². The highest BCUT2D eigenvalue weighted by Crippen LogP contribution is 2.31. The number of ether oxygens (including phenoxy) is 1. The first-order chi connectivity index (χ1) is 7.81. The van der Waals surface area contributed by atoms with E-state index >= 15 is 0 Å². The van der Waals surface area contributed by atoms with Crippen LogP contribution in [0.1, 0.15) is 35.7 Å². The molecule has 1 aromatic rings. The molecule has 1 saturated heterocycles. The molecule has 1 fully saturated rings. The molecule has 3 nitrogen and oxygen atoms in total. The lowest BCUT2D eigenvalue weighted by Gasteiger charge is -2.26. The lowest BCUT2D eigenvalue weighted by Crippen LogP contribution is -2.31. The first kappa shape index (κ1) is 12.0. The number of rotatable bonds is 4. The maximum Gasteiger partial charge on any atom is 0.0558 e. The van der Waals surface area contributed by atoms with E-state index < -0.39 is 0 Å². The summed E-state index contributed by atoms with van der Waals surface area (Å²) in [5.41, 5.74) is 4.31. The van der Waals surface area contributed by atoms with Crippen LogP contribution in [0.4, 0.5) is 0 Å². The van der Waals surface area contributed by atoms with Gasteiger partial charge in [0.1, 0.15) is 0 Å². The summed E-state index contributed by atoms with van der Waals surface area (Å²) in [7, 11) is 0. The van der Waals surface area contributed by atoms with Gasteiger partial charge in [-0.2, -0.15) is 0 Å². The van der Waals surface area contributed by atoms with Crippen LogP contribution in [-0.2, 0) is 4.74 Å². The highest BCUT2D eigenvalue weighted by molar-refractivity contribution is 7.10. The average Bonchev–Trinajstić information content (AvgIpc) is 2.74. The summed E-state index contributed by atoms with van der Waals surface area (Å²) in [6.45, 7) is 3.97. The minimum absolute atomic E-state index is 0.308. The van der Waals surface area contributed by atoms with Crippen molar-refractivity contribution < 1.29 is 4.74 Å². The third-order valence-corrected chi connectivity index (χ3v) is 4.46. The van der Waals surface area contributed by atoms with Crippen molar-refractivity contribution in [3.05, 3.63) is 21.9 Å². The van der Waals surface area contributed by atoms with Gasteiger partial charge in [-0.1, -0.05) is 0 Å². The Labute approximate surface area is 101 Å². The third-order valence-electron chi connectivity index (χ3n) is 3.33. The minimum Gasteiger partial charge on any atom is -0.381 e. The molecule has 1 atom stereocenters. The van der Waals surface area contributed by atoms with Crippen molar-refractivity contribution in [1.82, 2.24) is 5.43 Å². The van der Waals surface area contributed by atoms with E-state index in [1.165, 1.54) is 23.3 Å². The van der Waals surface area contributed by atoms with E-state index in [2.05, 4.69) is 23.8 Å². The van der Waals surface area contributed by atoms with E-state index in [1.54, 1.807) is 11.3 Å². The highest BCUT2D eigenvalue weighted by atomic mass is 32.1. The molecule has 90 valence electrons. The number of thiophene rings is 1. The second-order valence-electron chi connectivity index (χ2n) is 4.48. The van der Waals surface area contributed by atoms with Crippen LogP contribution in [-0.4, -0.2) is 13.2 Å². The summed E-state index contributed by atoms with van der Waals surface area (Å²) < 4.78 is 5.38. The summed E-state index contributed by atoms with van der Waals surface area (Å²) in [5.74, 6) is 6.42. The lowest BCUT2D eigenvalue weighted by atomic mass is 9.91. The highest BCUT2D eigenvalue weighted by Gasteiger charge is 2.21. The van der Waals surface area contributed by atoms with Crippen LogP contribution in [0, 0.1) is 12.8 Å². The molecule has 0 amide bonds. The molecular weight excluding hydrogens is 220 g/mol. The molecule has 0 saturated carbocycles. The Morgan fingerprint density at radius 1 is 1.56 bits per heavy atom. The van der Waals surface area contributed by atoms with E-state index in [1.807, 2.05) is 0 Å². The molecule has 1 aliphatic heterocycles.